The molecule has 3 amide bonds. The Kier molecular flexibility index (Phi) is 9.06. The summed E-state index contributed by atoms with van der Waals surface area (Å²) < 4.78 is 0. The van der Waals surface area contributed by atoms with E-state index in [0.29, 0.717) is 48.7 Å². The first kappa shape index (κ1) is 23.9. The Hall–Kier alpha value is -3.35. The topological polar surface area (TPSA) is 81.8 Å². The normalized spacial score (nSPS) is 10.3. The monoisotopic (exact) mass is 424 g/mol. The van der Waals surface area contributed by atoms with E-state index < -0.39 is 0 Å². The van der Waals surface area contributed by atoms with Gasteiger partial charge in [-0.2, -0.15) is 0 Å². The molecule has 0 aliphatic carbocycles. The quantitative estimate of drug-likeness (QED) is 0.609. The van der Waals surface area contributed by atoms with Gasteiger partial charge in [-0.3, -0.25) is 14.4 Å². The maximum Gasteiger partial charge on any atom is 0.253 e. The van der Waals surface area contributed by atoms with Crippen molar-refractivity contribution in [2.75, 3.05) is 43.4 Å². The lowest BCUT2D eigenvalue weighted by Crippen LogP contribution is -2.30. The third-order valence-corrected chi connectivity index (χ3v) is 5.08. The highest BCUT2D eigenvalue weighted by Gasteiger charge is 2.14. The molecular formula is C24H32N4O3. The van der Waals surface area contributed by atoms with E-state index in [1.54, 1.807) is 52.3 Å². The van der Waals surface area contributed by atoms with Crippen LogP contribution in [0, 0.1) is 0 Å². The second-order valence-corrected chi connectivity index (χ2v) is 7.01. The molecule has 0 bridgehead atoms. The van der Waals surface area contributed by atoms with Crippen molar-refractivity contribution in [3.05, 3.63) is 59.7 Å². The van der Waals surface area contributed by atoms with Gasteiger partial charge in [0.2, 0.25) is 5.91 Å². The zero-order valence-electron chi connectivity index (χ0n) is 18.8. The zero-order chi connectivity index (χ0) is 22.8. The van der Waals surface area contributed by atoms with Crippen molar-refractivity contribution in [2.24, 2.45) is 0 Å². The van der Waals surface area contributed by atoms with Crippen LogP contribution in [0.1, 0.15) is 48.4 Å². The zero-order valence-corrected chi connectivity index (χ0v) is 18.8. The highest BCUT2D eigenvalue weighted by Crippen LogP contribution is 2.14. The number of nitrogens with one attached hydrogen (secondary N) is 2. The van der Waals surface area contributed by atoms with Gasteiger partial charge in [0.25, 0.3) is 11.8 Å². The Balaban J connectivity index is 1.93. The predicted octanol–water partition coefficient (Wildman–Crippen LogP) is 3.70. The van der Waals surface area contributed by atoms with Crippen LogP contribution in [0.25, 0.3) is 0 Å². The lowest BCUT2D eigenvalue weighted by Gasteiger charge is -2.19. The van der Waals surface area contributed by atoms with E-state index in [-0.39, 0.29) is 24.3 Å². The molecule has 31 heavy (non-hydrogen) atoms. The van der Waals surface area contributed by atoms with Crippen molar-refractivity contribution >= 4 is 29.1 Å². The molecule has 2 aromatic carbocycles. The first-order valence-electron chi connectivity index (χ1n) is 10.8. The van der Waals surface area contributed by atoms with Gasteiger partial charge < -0.3 is 20.4 Å². The van der Waals surface area contributed by atoms with Crippen LogP contribution in [0.5, 0.6) is 0 Å². The third-order valence-electron chi connectivity index (χ3n) is 5.08. The first-order chi connectivity index (χ1) is 14.9. The maximum absolute atomic E-state index is 12.5. The molecule has 0 saturated carbocycles. The van der Waals surface area contributed by atoms with Gasteiger partial charge >= 0.3 is 0 Å². The molecule has 0 spiro atoms. The minimum atomic E-state index is -0.219. The summed E-state index contributed by atoms with van der Waals surface area (Å²) in [6, 6.07) is 14.0. The van der Waals surface area contributed by atoms with Crippen LogP contribution in [0.15, 0.2) is 48.5 Å². The lowest BCUT2D eigenvalue weighted by atomic mass is 10.1. The lowest BCUT2D eigenvalue weighted by molar-refractivity contribution is -0.114. The number of rotatable bonds is 10. The number of carbonyl (C=O) groups is 3. The molecule has 0 fully saturated rings. The second-order valence-electron chi connectivity index (χ2n) is 7.01. The predicted molar refractivity (Wildman–Crippen MR) is 125 cm³/mol. The number of carbonyl (C=O) groups excluding carboxylic acids is 3. The summed E-state index contributed by atoms with van der Waals surface area (Å²) in [6.45, 7) is 10.4. The molecular weight excluding hydrogens is 392 g/mol. The van der Waals surface area contributed by atoms with Gasteiger partial charge in [0.05, 0.1) is 6.54 Å². The van der Waals surface area contributed by atoms with E-state index in [2.05, 4.69) is 10.6 Å². The molecule has 2 rings (SSSR count). The molecule has 166 valence electrons. The number of hydrogen-bond acceptors (Lipinski definition) is 4. The van der Waals surface area contributed by atoms with E-state index in [1.165, 1.54) is 0 Å². The van der Waals surface area contributed by atoms with Gasteiger partial charge in [-0.25, -0.2) is 0 Å². The van der Waals surface area contributed by atoms with Gasteiger partial charge in [0.15, 0.2) is 0 Å². The van der Waals surface area contributed by atoms with Gasteiger partial charge in [0, 0.05) is 48.7 Å². The Morgan fingerprint density at radius 1 is 0.710 bits per heavy atom. The Morgan fingerprint density at radius 3 is 1.81 bits per heavy atom. The van der Waals surface area contributed by atoms with Crippen molar-refractivity contribution in [2.45, 2.75) is 27.7 Å². The van der Waals surface area contributed by atoms with Crippen LogP contribution in [0.2, 0.25) is 0 Å². The van der Waals surface area contributed by atoms with Crippen LogP contribution in [-0.4, -0.2) is 60.2 Å². The summed E-state index contributed by atoms with van der Waals surface area (Å²) in [4.78, 5) is 40.6. The molecule has 0 saturated heterocycles. The molecule has 7 heteroatoms. The van der Waals surface area contributed by atoms with E-state index in [9.17, 15) is 14.4 Å². The summed E-state index contributed by atoms with van der Waals surface area (Å²) in [5, 5.41) is 5.86. The molecule has 0 aliphatic heterocycles. The molecule has 0 atom stereocenters. The van der Waals surface area contributed by atoms with Crippen molar-refractivity contribution in [3.8, 4) is 0 Å². The number of anilines is 2. The highest BCUT2D eigenvalue weighted by atomic mass is 16.2. The molecule has 0 unspecified atom stereocenters. The van der Waals surface area contributed by atoms with Crippen molar-refractivity contribution in [1.82, 2.24) is 9.80 Å². The van der Waals surface area contributed by atoms with Gasteiger partial charge in [0.1, 0.15) is 0 Å². The van der Waals surface area contributed by atoms with Crippen LogP contribution in [-0.2, 0) is 4.79 Å². The Labute approximate surface area is 184 Å². The fourth-order valence-corrected chi connectivity index (χ4v) is 3.23. The minimum absolute atomic E-state index is 0.0244. The van der Waals surface area contributed by atoms with Crippen molar-refractivity contribution < 1.29 is 14.4 Å². The third kappa shape index (κ3) is 6.57. The fourth-order valence-electron chi connectivity index (χ4n) is 3.23. The van der Waals surface area contributed by atoms with Crippen LogP contribution in [0.4, 0.5) is 11.4 Å². The molecule has 0 heterocycles. The number of amides is 3. The number of benzene rings is 2. The SMILES string of the molecule is CCN(CC)C(=O)c1ccc(NC(=O)CNc2cccc(C(=O)N(CC)CC)c2)cc1. The van der Waals surface area contributed by atoms with Crippen molar-refractivity contribution in [3.63, 3.8) is 0 Å². The number of nitrogens with zero attached hydrogens (tertiary/aromatic N) is 2. The summed E-state index contributed by atoms with van der Waals surface area (Å²) >= 11 is 0. The molecule has 0 aromatic heterocycles. The largest absolute Gasteiger partial charge is 0.376 e. The van der Waals surface area contributed by atoms with Crippen LogP contribution < -0.4 is 10.6 Å². The maximum atomic E-state index is 12.5. The Morgan fingerprint density at radius 2 is 1.26 bits per heavy atom. The smallest absolute Gasteiger partial charge is 0.253 e. The summed E-state index contributed by atoms with van der Waals surface area (Å²) in [5.74, 6) is -0.274. The average molecular weight is 425 g/mol. The fraction of sp³-hybridized carbons (Fsp3) is 0.375. The minimum Gasteiger partial charge on any atom is -0.376 e. The van der Waals surface area contributed by atoms with Crippen LogP contribution in [0.3, 0.4) is 0 Å². The first-order valence-corrected chi connectivity index (χ1v) is 10.8. The van der Waals surface area contributed by atoms with Gasteiger partial charge in [-0.1, -0.05) is 6.07 Å². The van der Waals surface area contributed by atoms with Gasteiger partial charge in [-0.05, 0) is 70.2 Å². The van der Waals surface area contributed by atoms with E-state index >= 15 is 0 Å². The number of hydrogen-bond donors (Lipinski definition) is 2. The average Bonchev–Trinajstić information content (AvgIpc) is 2.80. The van der Waals surface area contributed by atoms with Crippen molar-refractivity contribution in [1.29, 1.82) is 0 Å². The highest BCUT2D eigenvalue weighted by molar-refractivity contribution is 5.97. The summed E-state index contributed by atoms with van der Waals surface area (Å²) in [7, 11) is 0. The molecule has 2 aromatic rings. The standard InChI is InChI=1S/C24H32N4O3/c1-5-27(6-2)23(30)18-12-14-20(15-13-18)26-22(29)17-25-21-11-9-10-19(16-21)24(31)28(7-3)8-4/h9-16,25H,5-8,17H2,1-4H3,(H,26,29). The molecule has 2 N–H and O–H groups in total. The van der Waals surface area contributed by atoms with Crippen LogP contribution >= 0.6 is 0 Å². The van der Waals surface area contributed by atoms with E-state index in [4.69, 9.17) is 0 Å². The summed E-state index contributed by atoms with van der Waals surface area (Å²) in [6.07, 6.45) is 0. The molecule has 0 radical (unpaired) electrons. The van der Waals surface area contributed by atoms with E-state index in [0.717, 1.165) is 0 Å². The summed E-state index contributed by atoms with van der Waals surface area (Å²) in [5.41, 5.74) is 2.50. The van der Waals surface area contributed by atoms with Gasteiger partial charge in [-0.15, -0.1) is 0 Å². The van der Waals surface area contributed by atoms with E-state index in [1.807, 2.05) is 33.8 Å². The Bertz CT molecular complexity index is 888. The molecule has 7 nitrogen and oxygen atoms in total. The second kappa shape index (κ2) is 11.7. The molecule has 0 aliphatic rings.